The van der Waals surface area contributed by atoms with Gasteiger partial charge in [0.2, 0.25) is 10.0 Å². The smallest absolute Gasteiger partial charge is 0.240 e. The summed E-state index contributed by atoms with van der Waals surface area (Å²) >= 11 is 0. The molecule has 0 atom stereocenters. The third-order valence-corrected chi connectivity index (χ3v) is 4.67. The average molecular weight is 319 g/mol. The van der Waals surface area contributed by atoms with Crippen molar-refractivity contribution < 1.29 is 8.42 Å². The molecule has 2 rings (SSSR count). The highest BCUT2D eigenvalue weighted by Crippen LogP contribution is 2.16. The van der Waals surface area contributed by atoms with Crippen LogP contribution in [0.2, 0.25) is 0 Å². The van der Waals surface area contributed by atoms with Crippen LogP contribution in [-0.2, 0) is 16.6 Å². The van der Waals surface area contributed by atoms with Crippen LogP contribution in [0.15, 0.2) is 53.7 Å². The molecule has 2 N–H and O–H groups in total. The molecule has 1 aromatic heterocycles. The van der Waals surface area contributed by atoms with E-state index in [1.165, 1.54) is 0 Å². The van der Waals surface area contributed by atoms with Crippen LogP contribution in [0.3, 0.4) is 0 Å². The van der Waals surface area contributed by atoms with Crippen LogP contribution >= 0.6 is 0 Å². The van der Waals surface area contributed by atoms with Gasteiger partial charge in [0.15, 0.2) is 0 Å². The van der Waals surface area contributed by atoms with E-state index < -0.39 is 10.0 Å². The normalized spacial score (nSPS) is 11.3. The Hall–Kier alpha value is -1.92. The minimum absolute atomic E-state index is 0.281. The van der Waals surface area contributed by atoms with E-state index in [-0.39, 0.29) is 4.90 Å². The zero-order valence-electron chi connectivity index (χ0n) is 12.6. The summed E-state index contributed by atoms with van der Waals surface area (Å²) in [6, 6.07) is 10.7. The Morgan fingerprint density at radius 3 is 2.64 bits per heavy atom. The van der Waals surface area contributed by atoms with Gasteiger partial charge in [-0.2, -0.15) is 0 Å². The predicted molar refractivity (Wildman–Crippen MR) is 88.1 cm³/mol. The average Bonchev–Trinajstić information content (AvgIpc) is 2.54. The number of hydrogen-bond donors (Lipinski definition) is 2. The quantitative estimate of drug-likeness (QED) is 0.734. The molecule has 1 heterocycles. The predicted octanol–water partition coefficient (Wildman–Crippen LogP) is 2.77. The van der Waals surface area contributed by atoms with Gasteiger partial charge in [-0.05, 0) is 42.3 Å². The molecule has 0 spiro atoms. The maximum Gasteiger partial charge on any atom is 0.240 e. The van der Waals surface area contributed by atoms with Crippen molar-refractivity contribution in [3.05, 3.63) is 54.4 Å². The molecule has 0 fully saturated rings. The highest BCUT2D eigenvalue weighted by atomic mass is 32.2. The van der Waals surface area contributed by atoms with Gasteiger partial charge >= 0.3 is 0 Å². The molecule has 6 heteroatoms. The molecule has 2 aromatic rings. The van der Waals surface area contributed by atoms with E-state index in [2.05, 4.69) is 15.0 Å². The van der Waals surface area contributed by atoms with E-state index in [1.54, 1.807) is 30.6 Å². The highest BCUT2D eigenvalue weighted by Gasteiger charge is 2.13. The Labute approximate surface area is 131 Å². The molecule has 0 aliphatic heterocycles. The van der Waals surface area contributed by atoms with Gasteiger partial charge in [-0.15, -0.1) is 0 Å². The number of benzene rings is 1. The lowest BCUT2D eigenvalue weighted by Crippen LogP contribution is -2.24. The monoisotopic (exact) mass is 319 g/mol. The van der Waals surface area contributed by atoms with E-state index >= 15 is 0 Å². The number of pyridine rings is 1. The third kappa shape index (κ3) is 4.82. The van der Waals surface area contributed by atoms with Crippen LogP contribution in [0, 0.1) is 0 Å². The van der Waals surface area contributed by atoms with Crippen molar-refractivity contribution in [3.63, 3.8) is 0 Å². The first-order valence-electron chi connectivity index (χ1n) is 7.34. The van der Waals surface area contributed by atoms with Gasteiger partial charge in [0, 0.05) is 31.2 Å². The summed E-state index contributed by atoms with van der Waals surface area (Å²) in [7, 11) is -3.44. The molecule has 0 saturated carbocycles. The van der Waals surface area contributed by atoms with Crippen molar-refractivity contribution >= 4 is 15.7 Å². The van der Waals surface area contributed by atoms with E-state index in [4.69, 9.17) is 0 Å². The van der Waals surface area contributed by atoms with Crippen molar-refractivity contribution in [2.75, 3.05) is 11.9 Å². The van der Waals surface area contributed by atoms with Gasteiger partial charge in [-0.3, -0.25) is 4.98 Å². The second kappa shape index (κ2) is 7.91. The largest absolute Gasteiger partial charge is 0.381 e. The SMILES string of the molecule is CCCCNS(=O)(=O)c1cccc(NCc2ccncc2)c1. The Morgan fingerprint density at radius 1 is 1.14 bits per heavy atom. The fourth-order valence-corrected chi connectivity index (χ4v) is 3.06. The topological polar surface area (TPSA) is 71.1 Å². The molecule has 0 radical (unpaired) electrons. The van der Waals surface area contributed by atoms with Gasteiger partial charge in [-0.1, -0.05) is 19.4 Å². The Bertz CT molecular complexity index is 688. The first-order valence-corrected chi connectivity index (χ1v) is 8.82. The minimum Gasteiger partial charge on any atom is -0.381 e. The minimum atomic E-state index is -3.44. The first kappa shape index (κ1) is 16.5. The Balaban J connectivity index is 2.03. The molecule has 22 heavy (non-hydrogen) atoms. The van der Waals surface area contributed by atoms with E-state index in [9.17, 15) is 8.42 Å². The molecule has 0 unspecified atom stereocenters. The summed E-state index contributed by atoms with van der Waals surface area (Å²) in [5.74, 6) is 0. The maximum atomic E-state index is 12.2. The summed E-state index contributed by atoms with van der Waals surface area (Å²) in [6.07, 6.45) is 5.25. The molecular weight excluding hydrogens is 298 g/mol. The third-order valence-electron chi connectivity index (χ3n) is 3.21. The van der Waals surface area contributed by atoms with Crippen LogP contribution in [0.4, 0.5) is 5.69 Å². The Morgan fingerprint density at radius 2 is 1.91 bits per heavy atom. The standard InChI is InChI=1S/C16H21N3O2S/c1-2-3-9-19-22(20,21)16-6-4-5-15(12-16)18-13-14-7-10-17-11-8-14/h4-8,10-12,18-19H,2-3,9,13H2,1H3. The lowest BCUT2D eigenvalue weighted by Gasteiger charge is -2.10. The summed E-state index contributed by atoms with van der Waals surface area (Å²) in [4.78, 5) is 4.25. The molecule has 118 valence electrons. The number of rotatable bonds is 8. The number of aromatic nitrogens is 1. The zero-order valence-corrected chi connectivity index (χ0v) is 13.4. The van der Waals surface area contributed by atoms with Crippen LogP contribution in [0.1, 0.15) is 25.3 Å². The van der Waals surface area contributed by atoms with Gasteiger partial charge in [-0.25, -0.2) is 13.1 Å². The molecule has 0 bridgehead atoms. The fraction of sp³-hybridized carbons (Fsp3) is 0.312. The molecule has 1 aromatic carbocycles. The Kier molecular flexibility index (Phi) is 5.91. The van der Waals surface area contributed by atoms with Crippen molar-refractivity contribution in [1.29, 1.82) is 0 Å². The van der Waals surface area contributed by atoms with Crippen molar-refractivity contribution in [2.45, 2.75) is 31.2 Å². The molecule has 0 saturated heterocycles. The van der Waals surface area contributed by atoms with Gasteiger partial charge in [0.05, 0.1) is 4.90 Å². The number of unbranched alkanes of at least 4 members (excludes halogenated alkanes) is 1. The lowest BCUT2D eigenvalue weighted by molar-refractivity contribution is 0.578. The van der Waals surface area contributed by atoms with Crippen LogP contribution in [0.25, 0.3) is 0 Å². The highest BCUT2D eigenvalue weighted by molar-refractivity contribution is 7.89. The first-order chi connectivity index (χ1) is 10.6. The number of nitrogens with zero attached hydrogens (tertiary/aromatic N) is 1. The lowest BCUT2D eigenvalue weighted by atomic mass is 10.2. The van der Waals surface area contributed by atoms with Crippen molar-refractivity contribution in [3.8, 4) is 0 Å². The summed E-state index contributed by atoms with van der Waals surface area (Å²) in [5.41, 5.74) is 1.86. The summed E-state index contributed by atoms with van der Waals surface area (Å²) in [6.45, 7) is 3.11. The summed E-state index contributed by atoms with van der Waals surface area (Å²) < 4.78 is 27.0. The molecule has 0 amide bonds. The van der Waals surface area contributed by atoms with Crippen molar-refractivity contribution in [1.82, 2.24) is 9.71 Å². The fourth-order valence-electron chi connectivity index (χ4n) is 1.94. The van der Waals surface area contributed by atoms with Gasteiger partial charge < -0.3 is 5.32 Å². The molecule has 0 aliphatic carbocycles. The van der Waals surface area contributed by atoms with E-state index in [0.717, 1.165) is 24.1 Å². The van der Waals surface area contributed by atoms with Crippen molar-refractivity contribution in [2.24, 2.45) is 0 Å². The van der Waals surface area contributed by atoms with Crippen LogP contribution < -0.4 is 10.0 Å². The second-order valence-electron chi connectivity index (χ2n) is 4.99. The molecule has 0 aliphatic rings. The van der Waals surface area contributed by atoms with E-state index in [0.29, 0.717) is 13.1 Å². The second-order valence-corrected chi connectivity index (χ2v) is 6.76. The van der Waals surface area contributed by atoms with Crippen LogP contribution in [0.5, 0.6) is 0 Å². The number of sulfonamides is 1. The van der Waals surface area contributed by atoms with Gasteiger partial charge in [0.25, 0.3) is 0 Å². The summed E-state index contributed by atoms with van der Waals surface area (Å²) in [5, 5.41) is 3.22. The van der Waals surface area contributed by atoms with E-state index in [1.807, 2.05) is 25.1 Å². The molecule has 5 nitrogen and oxygen atoms in total. The number of anilines is 1. The number of nitrogens with one attached hydrogen (secondary N) is 2. The maximum absolute atomic E-state index is 12.2. The molecular formula is C16H21N3O2S. The van der Waals surface area contributed by atoms with Gasteiger partial charge in [0.1, 0.15) is 0 Å². The van der Waals surface area contributed by atoms with Crippen LogP contribution in [-0.4, -0.2) is 19.9 Å². The number of hydrogen-bond acceptors (Lipinski definition) is 4. The zero-order chi connectivity index (χ0) is 15.8.